The van der Waals surface area contributed by atoms with Crippen LogP contribution in [0.2, 0.25) is 0 Å². The number of fused-ring (bicyclic) bond motifs is 1. The molecule has 154 valence electrons. The van der Waals surface area contributed by atoms with E-state index in [0.717, 1.165) is 17.0 Å². The zero-order valence-electron chi connectivity index (χ0n) is 16.9. The van der Waals surface area contributed by atoms with Gasteiger partial charge in [-0.2, -0.15) is 0 Å². The van der Waals surface area contributed by atoms with Crippen LogP contribution >= 0.6 is 0 Å². The maximum absolute atomic E-state index is 12.8. The first-order chi connectivity index (χ1) is 14.0. The molecule has 1 saturated heterocycles. The summed E-state index contributed by atoms with van der Waals surface area (Å²) in [4.78, 5) is 37.7. The molecule has 3 heterocycles. The molecule has 2 aromatic rings. The molecule has 4 rings (SSSR count). The summed E-state index contributed by atoms with van der Waals surface area (Å²) in [7, 11) is 3.53. The second-order valence-electron chi connectivity index (χ2n) is 8.06. The summed E-state index contributed by atoms with van der Waals surface area (Å²) in [6.45, 7) is 2.26. The van der Waals surface area contributed by atoms with Gasteiger partial charge in [0.25, 0.3) is 0 Å². The van der Waals surface area contributed by atoms with Crippen LogP contribution in [-0.2, 0) is 17.8 Å². The Morgan fingerprint density at radius 3 is 2.66 bits per heavy atom. The maximum atomic E-state index is 12.8. The first-order valence-corrected chi connectivity index (χ1v) is 9.94. The number of aromatic amines is 1. The SMILES string of the molecule is CN(C)C(=O)N1Cc2ccccc2OC2(CCN(C(=O)Cc3cnc[nH]3)CC2)C1. The second kappa shape index (κ2) is 7.77. The molecule has 0 radical (unpaired) electrons. The molecule has 2 aliphatic heterocycles. The summed E-state index contributed by atoms with van der Waals surface area (Å²) in [5.41, 5.74) is 1.35. The van der Waals surface area contributed by atoms with Crippen molar-refractivity contribution in [2.75, 3.05) is 33.7 Å². The van der Waals surface area contributed by atoms with E-state index in [1.807, 2.05) is 34.1 Å². The van der Waals surface area contributed by atoms with E-state index in [4.69, 9.17) is 4.74 Å². The van der Waals surface area contributed by atoms with Gasteiger partial charge in [-0.25, -0.2) is 9.78 Å². The normalized spacial score (nSPS) is 18.0. The molecule has 1 fully saturated rings. The van der Waals surface area contributed by atoms with Gasteiger partial charge < -0.3 is 24.4 Å². The van der Waals surface area contributed by atoms with E-state index in [1.54, 1.807) is 31.5 Å². The number of carbonyl (C=O) groups is 2. The lowest BCUT2D eigenvalue weighted by Gasteiger charge is -2.43. The highest BCUT2D eigenvalue weighted by Gasteiger charge is 2.42. The number of amides is 3. The van der Waals surface area contributed by atoms with Crippen LogP contribution in [0.25, 0.3) is 0 Å². The fraction of sp³-hybridized carbons (Fsp3) is 0.476. The number of imidazole rings is 1. The van der Waals surface area contributed by atoms with Crippen LogP contribution in [0.1, 0.15) is 24.1 Å². The van der Waals surface area contributed by atoms with Crippen LogP contribution in [0, 0.1) is 0 Å². The van der Waals surface area contributed by atoms with Gasteiger partial charge in [0.1, 0.15) is 11.4 Å². The first kappa shape index (κ1) is 19.3. The molecule has 0 atom stereocenters. The number of urea groups is 1. The minimum Gasteiger partial charge on any atom is -0.485 e. The highest BCUT2D eigenvalue weighted by Crippen LogP contribution is 2.35. The summed E-state index contributed by atoms with van der Waals surface area (Å²) in [6, 6.07) is 7.88. The van der Waals surface area contributed by atoms with Crippen molar-refractivity contribution in [1.82, 2.24) is 24.7 Å². The molecule has 1 aromatic heterocycles. The number of aromatic nitrogens is 2. The lowest BCUT2D eigenvalue weighted by molar-refractivity contribution is -0.134. The van der Waals surface area contributed by atoms with E-state index in [2.05, 4.69) is 9.97 Å². The Hall–Kier alpha value is -3.03. The number of hydrogen-bond donors (Lipinski definition) is 1. The van der Waals surface area contributed by atoms with E-state index < -0.39 is 5.60 Å². The lowest BCUT2D eigenvalue weighted by Crippen LogP contribution is -2.56. The van der Waals surface area contributed by atoms with Crippen molar-refractivity contribution in [3.8, 4) is 5.75 Å². The van der Waals surface area contributed by atoms with Crippen molar-refractivity contribution < 1.29 is 14.3 Å². The summed E-state index contributed by atoms with van der Waals surface area (Å²) in [5.74, 6) is 0.915. The quantitative estimate of drug-likeness (QED) is 0.839. The number of nitrogens with one attached hydrogen (secondary N) is 1. The van der Waals surface area contributed by atoms with Crippen molar-refractivity contribution in [3.63, 3.8) is 0 Å². The summed E-state index contributed by atoms with van der Waals surface area (Å²) in [6.07, 6.45) is 4.96. The van der Waals surface area contributed by atoms with Crippen LogP contribution < -0.4 is 4.74 Å². The number of benzene rings is 1. The van der Waals surface area contributed by atoms with E-state index in [0.29, 0.717) is 45.4 Å². The van der Waals surface area contributed by atoms with Crippen molar-refractivity contribution in [2.24, 2.45) is 0 Å². The van der Waals surface area contributed by atoms with Crippen LogP contribution in [-0.4, -0.2) is 75.9 Å². The third-order valence-electron chi connectivity index (χ3n) is 5.72. The Morgan fingerprint density at radius 2 is 1.97 bits per heavy atom. The molecular formula is C21H27N5O3. The topological polar surface area (TPSA) is 81.8 Å². The second-order valence-corrected chi connectivity index (χ2v) is 8.06. The van der Waals surface area contributed by atoms with Gasteiger partial charge in [0.05, 0.1) is 25.8 Å². The zero-order valence-corrected chi connectivity index (χ0v) is 16.9. The van der Waals surface area contributed by atoms with Crippen molar-refractivity contribution >= 4 is 11.9 Å². The van der Waals surface area contributed by atoms with E-state index in [9.17, 15) is 9.59 Å². The van der Waals surface area contributed by atoms with Gasteiger partial charge in [0, 0.05) is 57.5 Å². The van der Waals surface area contributed by atoms with Crippen LogP contribution in [0.15, 0.2) is 36.8 Å². The zero-order chi connectivity index (χ0) is 20.4. The molecule has 0 aliphatic carbocycles. The third-order valence-corrected chi connectivity index (χ3v) is 5.72. The molecule has 0 bridgehead atoms. The molecule has 0 saturated carbocycles. The Bertz CT molecular complexity index is 872. The summed E-state index contributed by atoms with van der Waals surface area (Å²) in [5, 5.41) is 0. The van der Waals surface area contributed by atoms with Crippen LogP contribution in [0.4, 0.5) is 4.79 Å². The predicted octanol–water partition coefficient (Wildman–Crippen LogP) is 1.89. The summed E-state index contributed by atoms with van der Waals surface area (Å²) < 4.78 is 6.51. The van der Waals surface area contributed by atoms with Crippen LogP contribution in [0.3, 0.4) is 0 Å². The highest BCUT2D eigenvalue weighted by atomic mass is 16.5. The molecule has 2 aliphatic rings. The van der Waals surface area contributed by atoms with Gasteiger partial charge in [-0.1, -0.05) is 18.2 Å². The molecule has 8 nitrogen and oxygen atoms in total. The van der Waals surface area contributed by atoms with Gasteiger partial charge in [0.15, 0.2) is 0 Å². The van der Waals surface area contributed by atoms with Gasteiger partial charge >= 0.3 is 6.03 Å². The smallest absolute Gasteiger partial charge is 0.319 e. The molecule has 1 N–H and O–H groups in total. The minimum absolute atomic E-state index is 0.0255. The van der Waals surface area contributed by atoms with Gasteiger partial charge in [-0.15, -0.1) is 0 Å². The Kier molecular flexibility index (Phi) is 5.17. The predicted molar refractivity (Wildman–Crippen MR) is 107 cm³/mol. The first-order valence-electron chi connectivity index (χ1n) is 9.94. The van der Waals surface area contributed by atoms with Gasteiger partial charge in [0.2, 0.25) is 5.91 Å². The number of likely N-dealkylation sites (tertiary alicyclic amines) is 1. The average molecular weight is 397 g/mol. The van der Waals surface area contributed by atoms with Gasteiger partial charge in [-0.3, -0.25) is 4.79 Å². The molecule has 8 heteroatoms. The lowest BCUT2D eigenvalue weighted by atomic mass is 9.90. The maximum Gasteiger partial charge on any atom is 0.319 e. The van der Waals surface area contributed by atoms with E-state index in [1.165, 1.54) is 0 Å². The van der Waals surface area contributed by atoms with Crippen LogP contribution in [0.5, 0.6) is 5.75 Å². The van der Waals surface area contributed by atoms with E-state index >= 15 is 0 Å². The van der Waals surface area contributed by atoms with Gasteiger partial charge in [-0.05, 0) is 6.07 Å². The van der Waals surface area contributed by atoms with Crippen molar-refractivity contribution in [1.29, 1.82) is 0 Å². The molecule has 3 amide bonds. The average Bonchev–Trinajstić information content (AvgIpc) is 3.16. The third kappa shape index (κ3) is 4.06. The minimum atomic E-state index is -0.483. The Labute approximate surface area is 170 Å². The number of nitrogens with zero attached hydrogens (tertiary/aromatic N) is 4. The molecule has 0 unspecified atom stereocenters. The highest BCUT2D eigenvalue weighted by molar-refractivity contribution is 5.78. The van der Waals surface area contributed by atoms with Crippen molar-refractivity contribution in [3.05, 3.63) is 48.0 Å². The Morgan fingerprint density at radius 1 is 1.21 bits per heavy atom. The fourth-order valence-corrected chi connectivity index (χ4v) is 4.11. The largest absolute Gasteiger partial charge is 0.485 e. The molecule has 1 aromatic carbocycles. The standard InChI is InChI=1S/C21H27N5O3/c1-24(2)20(28)26-13-16-5-3-4-6-18(16)29-21(14-26)7-9-25(10-8-21)19(27)11-17-12-22-15-23-17/h3-6,12,15H,7-11,13-14H2,1-2H3,(H,22,23). The number of para-hydroxylation sites is 1. The number of ether oxygens (including phenoxy) is 1. The molecular weight excluding hydrogens is 370 g/mol. The number of hydrogen-bond acceptors (Lipinski definition) is 4. The molecule has 1 spiro atoms. The number of H-pyrrole nitrogens is 1. The van der Waals surface area contributed by atoms with E-state index in [-0.39, 0.29) is 11.9 Å². The fourth-order valence-electron chi connectivity index (χ4n) is 4.11. The number of rotatable bonds is 2. The summed E-state index contributed by atoms with van der Waals surface area (Å²) >= 11 is 0. The molecule has 29 heavy (non-hydrogen) atoms. The number of piperidine rings is 1. The monoisotopic (exact) mass is 397 g/mol. The van der Waals surface area contributed by atoms with Crippen molar-refractivity contribution in [2.45, 2.75) is 31.4 Å². The number of carbonyl (C=O) groups excluding carboxylic acids is 2. The Balaban J connectivity index is 1.50.